The molecule has 0 spiro atoms. The van der Waals surface area contributed by atoms with E-state index in [2.05, 4.69) is 0 Å². The Labute approximate surface area is 121 Å². The maximum atomic E-state index is 12.6. The molecule has 1 heterocycles. The van der Waals surface area contributed by atoms with E-state index in [1.807, 2.05) is 0 Å². The SMILES string of the molecule is CC(C(=O)N1CCC(C(F)(F)F)CC1)c1cccc(N)c1. The molecule has 6 heteroatoms. The Hall–Kier alpha value is -1.72. The van der Waals surface area contributed by atoms with E-state index in [0.717, 1.165) is 5.56 Å². The van der Waals surface area contributed by atoms with E-state index < -0.39 is 18.0 Å². The molecule has 1 aliphatic rings. The summed E-state index contributed by atoms with van der Waals surface area (Å²) in [5.41, 5.74) is 7.05. The van der Waals surface area contributed by atoms with Gasteiger partial charge in [0.05, 0.1) is 11.8 Å². The van der Waals surface area contributed by atoms with E-state index in [0.29, 0.717) is 5.69 Å². The number of halogens is 3. The maximum absolute atomic E-state index is 12.6. The molecule has 0 aliphatic carbocycles. The van der Waals surface area contributed by atoms with Gasteiger partial charge in [-0.3, -0.25) is 4.79 Å². The molecule has 1 fully saturated rings. The zero-order valence-electron chi connectivity index (χ0n) is 11.9. The number of likely N-dealkylation sites (tertiary alicyclic amines) is 1. The van der Waals surface area contributed by atoms with Gasteiger partial charge in [0.2, 0.25) is 5.91 Å². The van der Waals surface area contributed by atoms with Crippen LogP contribution < -0.4 is 5.73 Å². The lowest BCUT2D eigenvalue weighted by Crippen LogP contribution is -2.43. The largest absolute Gasteiger partial charge is 0.399 e. The second-order valence-electron chi connectivity index (χ2n) is 5.53. The highest BCUT2D eigenvalue weighted by atomic mass is 19.4. The van der Waals surface area contributed by atoms with E-state index in [9.17, 15) is 18.0 Å². The molecule has 1 aromatic rings. The number of nitrogens with two attached hydrogens (primary N) is 1. The van der Waals surface area contributed by atoms with Crippen LogP contribution in [0.5, 0.6) is 0 Å². The van der Waals surface area contributed by atoms with Gasteiger partial charge in [-0.2, -0.15) is 13.2 Å². The highest BCUT2D eigenvalue weighted by Gasteiger charge is 2.42. The topological polar surface area (TPSA) is 46.3 Å². The van der Waals surface area contributed by atoms with Crippen LogP contribution in [0.1, 0.15) is 31.2 Å². The molecule has 1 aromatic carbocycles. The first-order valence-electron chi connectivity index (χ1n) is 7.00. The van der Waals surface area contributed by atoms with Crippen molar-refractivity contribution in [2.45, 2.75) is 31.9 Å². The lowest BCUT2D eigenvalue weighted by atomic mass is 9.93. The summed E-state index contributed by atoms with van der Waals surface area (Å²) in [5.74, 6) is -1.82. The molecule has 0 saturated carbocycles. The summed E-state index contributed by atoms with van der Waals surface area (Å²) < 4.78 is 37.9. The number of anilines is 1. The quantitative estimate of drug-likeness (QED) is 0.853. The molecule has 2 N–H and O–H groups in total. The first-order chi connectivity index (χ1) is 9.79. The second-order valence-corrected chi connectivity index (χ2v) is 5.53. The van der Waals surface area contributed by atoms with Crippen LogP contribution in [0.15, 0.2) is 24.3 Å². The first-order valence-corrected chi connectivity index (χ1v) is 7.00. The van der Waals surface area contributed by atoms with E-state index in [1.54, 1.807) is 31.2 Å². The summed E-state index contributed by atoms with van der Waals surface area (Å²) in [6.45, 7) is 2.08. The maximum Gasteiger partial charge on any atom is 0.391 e. The van der Waals surface area contributed by atoms with Crippen molar-refractivity contribution in [1.82, 2.24) is 4.90 Å². The van der Waals surface area contributed by atoms with Crippen molar-refractivity contribution < 1.29 is 18.0 Å². The van der Waals surface area contributed by atoms with Crippen LogP contribution in [0.2, 0.25) is 0 Å². The van der Waals surface area contributed by atoms with Gasteiger partial charge < -0.3 is 10.6 Å². The lowest BCUT2D eigenvalue weighted by Gasteiger charge is -2.34. The average Bonchev–Trinajstić information content (AvgIpc) is 2.45. The number of hydrogen-bond acceptors (Lipinski definition) is 2. The molecule has 2 rings (SSSR count). The fraction of sp³-hybridized carbons (Fsp3) is 0.533. The Morgan fingerprint density at radius 2 is 1.95 bits per heavy atom. The van der Waals surface area contributed by atoms with Gasteiger partial charge in [0.1, 0.15) is 0 Å². The highest BCUT2D eigenvalue weighted by Crippen LogP contribution is 2.34. The molecule has 1 unspecified atom stereocenters. The number of hydrogen-bond donors (Lipinski definition) is 1. The smallest absolute Gasteiger partial charge is 0.391 e. The monoisotopic (exact) mass is 300 g/mol. The van der Waals surface area contributed by atoms with Crippen molar-refractivity contribution >= 4 is 11.6 Å². The first kappa shape index (κ1) is 15.7. The van der Waals surface area contributed by atoms with Gasteiger partial charge in [0.15, 0.2) is 0 Å². The molecule has 1 saturated heterocycles. The van der Waals surface area contributed by atoms with Gasteiger partial charge in [0, 0.05) is 18.8 Å². The van der Waals surface area contributed by atoms with E-state index in [1.165, 1.54) is 4.90 Å². The van der Waals surface area contributed by atoms with Crippen LogP contribution >= 0.6 is 0 Å². The summed E-state index contributed by atoms with van der Waals surface area (Å²) in [6, 6.07) is 7.03. The molecule has 1 atom stereocenters. The Bertz CT molecular complexity index is 508. The van der Waals surface area contributed by atoms with E-state index >= 15 is 0 Å². The van der Waals surface area contributed by atoms with Crippen molar-refractivity contribution in [3.05, 3.63) is 29.8 Å². The third kappa shape index (κ3) is 3.68. The number of piperidine rings is 1. The van der Waals surface area contributed by atoms with E-state index in [4.69, 9.17) is 5.73 Å². The van der Waals surface area contributed by atoms with Crippen molar-refractivity contribution in [2.24, 2.45) is 5.92 Å². The Morgan fingerprint density at radius 3 is 2.48 bits per heavy atom. The van der Waals surface area contributed by atoms with Crippen LogP contribution in [-0.2, 0) is 4.79 Å². The molecule has 1 amide bonds. The van der Waals surface area contributed by atoms with Gasteiger partial charge in [0.25, 0.3) is 0 Å². The normalized spacial score (nSPS) is 18.6. The number of carbonyl (C=O) groups excluding carboxylic acids is 1. The van der Waals surface area contributed by atoms with Gasteiger partial charge >= 0.3 is 6.18 Å². The Kier molecular flexibility index (Phi) is 4.44. The van der Waals surface area contributed by atoms with Crippen molar-refractivity contribution in [1.29, 1.82) is 0 Å². The summed E-state index contributed by atoms with van der Waals surface area (Å²) in [7, 11) is 0. The van der Waals surface area contributed by atoms with Crippen LogP contribution in [0.3, 0.4) is 0 Å². The summed E-state index contributed by atoms with van der Waals surface area (Å²) in [5, 5.41) is 0. The van der Waals surface area contributed by atoms with Crippen molar-refractivity contribution in [2.75, 3.05) is 18.8 Å². The minimum absolute atomic E-state index is 0.0150. The fourth-order valence-corrected chi connectivity index (χ4v) is 2.67. The number of nitrogens with zero attached hydrogens (tertiary/aromatic N) is 1. The number of alkyl halides is 3. The molecular formula is C15H19F3N2O. The summed E-state index contributed by atoms with van der Waals surface area (Å²) in [4.78, 5) is 13.9. The number of nitrogen functional groups attached to an aromatic ring is 1. The van der Waals surface area contributed by atoms with Crippen LogP contribution in [0.4, 0.5) is 18.9 Å². The molecule has 1 aliphatic heterocycles. The van der Waals surface area contributed by atoms with Crippen molar-refractivity contribution in [3.8, 4) is 0 Å². The third-order valence-electron chi connectivity index (χ3n) is 4.05. The third-order valence-corrected chi connectivity index (χ3v) is 4.05. The predicted octanol–water partition coefficient (Wildman–Crippen LogP) is 3.17. The van der Waals surface area contributed by atoms with E-state index in [-0.39, 0.29) is 31.8 Å². The van der Waals surface area contributed by atoms with Gasteiger partial charge in [-0.25, -0.2) is 0 Å². The van der Waals surface area contributed by atoms with Crippen LogP contribution in [0, 0.1) is 5.92 Å². The van der Waals surface area contributed by atoms with Crippen LogP contribution in [-0.4, -0.2) is 30.1 Å². The van der Waals surface area contributed by atoms with Crippen LogP contribution in [0.25, 0.3) is 0 Å². The molecule has 0 bridgehead atoms. The Morgan fingerprint density at radius 1 is 1.33 bits per heavy atom. The zero-order valence-corrected chi connectivity index (χ0v) is 11.9. The lowest BCUT2D eigenvalue weighted by molar-refractivity contribution is -0.186. The number of rotatable bonds is 2. The molecule has 3 nitrogen and oxygen atoms in total. The minimum atomic E-state index is -4.16. The fourth-order valence-electron chi connectivity index (χ4n) is 2.67. The highest BCUT2D eigenvalue weighted by molar-refractivity contribution is 5.83. The molecule has 21 heavy (non-hydrogen) atoms. The standard InChI is InChI=1S/C15H19F3N2O/c1-10(11-3-2-4-13(19)9-11)14(21)20-7-5-12(6-8-20)15(16,17)18/h2-4,9-10,12H,5-8,19H2,1H3. The summed E-state index contributed by atoms with van der Waals surface area (Å²) in [6.07, 6.45) is -4.19. The molecule has 0 radical (unpaired) electrons. The van der Waals surface area contributed by atoms with Gasteiger partial charge in [-0.1, -0.05) is 12.1 Å². The number of carbonyl (C=O) groups is 1. The average molecular weight is 300 g/mol. The Balaban J connectivity index is 1.99. The molecule has 0 aromatic heterocycles. The minimum Gasteiger partial charge on any atom is -0.399 e. The van der Waals surface area contributed by atoms with Crippen molar-refractivity contribution in [3.63, 3.8) is 0 Å². The molecular weight excluding hydrogens is 281 g/mol. The predicted molar refractivity (Wildman–Crippen MR) is 74.6 cm³/mol. The zero-order chi connectivity index (χ0) is 15.6. The number of amides is 1. The van der Waals surface area contributed by atoms with Gasteiger partial charge in [-0.15, -0.1) is 0 Å². The second kappa shape index (κ2) is 5.95. The summed E-state index contributed by atoms with van der Waals surface area (Å²) >= 11 is 0. The number of benzene rings is 1. The van der Waals surface area contributed by atoms with Gasteiger partial charge in [-0.05, 0) is 37.5 Å². The molecule has 116 valence electrons.